The van der Waals surface area contributed by atoms with Gasteiger partial charge in [-0.15, -0.1) is 0 Å². The number of rotatable bonds is 4. The van der Waals surface area contributed by atoms with Crippen LogP contribution in [0.15, 0.2) is 0 Å². The van der Waals surface area contributed by atoms with Crippen molar-refractivity contribution in [1.82, 2.24) is 15.1 Å². The van der Waals surface area contributed by atoms with Crippen LogP contribution in [0.1, 0.15) is 32.6 Å². The molecule has 2 heterocycles. The normalized spacial score (nSPS) is 30.8. The largest absolute Gasteiger partial charge is 0.316 e. The molecule has 0 radical (unpaired) electrons. The van der Waals surface area contributed by atoms with Crippen molar-refractivity contribution in [2.45, 2.75) is 44.7 Å². The maximum absolute atomic E-state index is 3.42. The first-order chi connectivity index (χ1) is 7.79. The Balaban J connectivity index is 1.75. The number of piperidine rings is 1. The van der Waals surface area contributed by atoms with E-state index in [-0.39, 0.29) is 0 Å². The van der Waals surface area contributed by atoms with E-state index in [2.05, 4.69) is 29.1 Å². The topological polar surface area (TPSA) is 18.5 Å². The zero-order valence-electron chi connectivity index (χ0n) is 10.9. The summed E-state index contributed by atoms with van der Waals surface area (Å²) in [5, 5.41) is 3.42. The van der Waals surface area contributed by atoms with Gasteiger partial charge in [0.05, 0.1) is 0 Å². The quantitative estimate of drug-likeness (QED) is 0.774. The lowest BCUT2D eigenvalue weighted by Crippen LogP contribution is -2.49. The fraction of sp³-hybridized carbons (Fsp3) is 1.00. The summed E-state index contributed by atoms with van der Waals surface area (Å²) < 4.78 is 0. The number of likely N-dealkylation sites (tertiary alicyclic amines) is 2. The van der Waals surface area contributed by atoms with E-state index in [4.69, 9.17) is 0 Å². The van der Waals surface area contributed by atoms with Crippen LogP contribution in [-0.4, -0.2) is 61.7 Å². The maximum atomic E-state index is 3.42. The highest BCUT2D eigenvalue weighted by Gasteiger charge is 2.23. The van der Waals surface area contributed by atoms with E-state index >= 15 is 0 Å². The third kappa shape index (κ3) is 3.19. The Kier molecular flexibility index (Phi) is 4.62. The minimum atomic E-state index is 0.722. The summed E-state index contributed by atoms with van der Waals surface area (Å²) in [7, 11) is 2.10. The summed E-state index contributed by atoms with van der Waals surface area (Å²) in [4.78, 5) is 5.30. The van der Waals surface area contributed by atoms with Crippen LogP contribution in [0.5, 0.6) is 0 Å². The standard InChI is InChI=1S/C13H27N3/c1-12(16-8-3-4-9-16)10-15-7-5-6-13(11-15)14-2/h12-14H,3-11H2,1-2H3. The van der Waals surface area contributed by atoms with Gasteiger partial charge in [-0.3, -0.25) is 4.90 Å². The summed E-state index contributed by atoms with van der Waals surface area (Å²) in [5.74, 6) is 0. The third-order valence-electron chi connectivity index (χ3n) is 4.20. The molecule has 2 unspecified atom stereocenters. The van der Waals surface area contributed by atoms with Gasteiger partial charge < -0.3 is 10.2 Å². The Morgan fingerprint density at radius 3 is 2.62 bits per heavy atom. The van der Waals surface area contributed by atoms with Gasteiger partial charge in [0.25, 0.3) is 0 Å². The Bertz CT molecular complexity index is 201. The third-order valence-corrected chi connectivity index (χ3v) is 4.20. The van der Waals surface area contributed by atoms with E-state index in [9.17, 15) is 0 Å². The predicted octanol–water partition coefficient (Wildman–Crippen LogP) is 1.15. The monoisotopic (exact) mass is 225 g/mol. The lowest BCUT2D eigenvalue weighted by Gasteiger charge is -2.36. The first-order valence-corrected chi connectivity index (χ1v) is 6.93. The van der Waals surface area contributed by atoms with Crippen molar-refractivity contribution >= 4 is 0 Å². The average molecular weight is 225 g/mol. The van der Waals surface area contributed by atoms with E-state index in [0.29, 0.717) is 0 Å². The molecule has 0 saturated carbocycles. The average Bonchev–Trinajstić information content (AvgIpc) is 2.83. The minimum Gasteiger partial charge on any atom is -0.316 e. The molecule has 0 aromatic carbocycles. The highest BCUT2D eigenvalue weighted by Crippen LogP contribution is 2.15. The van der Waals surface area contributed by atoms with Crippen molar-refractivity contribution in [3.05, 3.63) is 0 Å². The summed E-state index contributed by atoms with van der Waals surface area (Å²) >= 11 is 0. The molecule has 2 aliphatic heterocycles. The van der Waals surface area contributed by atoms with E-state index in [0.717, 1.165) is 12.1 Å². The van der Waals surface area contributed by atoms with Crippen LogP contribution in [0.3, 0.4) is 0 Å². The Morgan fingerprint density at radius 2 is 1.94 bits per heavy atom. The van der Waals surface area contributed by atoms with E-state index in [1.165, 1.54) is 58.4 Å². The minimum absolute atomic E-state index is 0.722. The highest BCUT2D eigenvalue weighted by atomic mass is 15.2. The van der Waals surface area contributed by atoms with Gasteiger partial charge in [-0.1, -0.05) is 0 Å². The number of nitrogens with zero attached hydrogens (tertiary/aromatic N) is 2. The number of likely N-dealkylation sites (N-methyl/N-ethyl adjacent to an activating group) is 1. The van der Waals surface area contributed by atoms with Crippen LogP contribution in [0, 0.1) is 0 Å². The molecule has 0 aromatic rings. The molecule has 1 N–H and O–H groups in total. The van der Waals surface area contributed by atoms with Crippen molar-refractivity contribution in [1.29, 1.82) is 0 Å². The van der Waals surface area contributed by atoms with Crippen LogP contribution >= 0.6 is 0 Å². The highest BCUT2D eigenvalue weighted by molar-refractivity contribution is 4.81. The second-order valence-electron chi connectivity index (χ2n) is 5.48. The fourth-order valence-electron chi connectivity index (χ4n) is 3.13. The van der Waals surface area contributed by atoms with Crippen LogP contribution < -0.4 is 5.32 Å². The van der Waals surface area contributed by atoms with Gasteiger partial charge >= 0.3 is 0 Å². The predicted molar refractivity (Wildman–Crippen MR) is 68.8 cm³/mol. The Hall–Kier alpha value is -0.120. The first-order valence-electron chi connectivity index (χ1n) is 6.93. The van der Waals surface area contributed by atoms with Gasteiger partial charge in [0.15, 0.2) is 0 Å². The number of hydrogen-bond donors (Lipinski definition) is 1. The van der Waals surface area contributed by atoms with E-state index in [1.54, 1.807) is 0 Å². The smallest absolute Gasteiger partial charge is 0.0194 e. The Labute approximate surface area is 100 Å². The van der Waals surface area contributed by atoms with Crippen LogP contribution in [-0.2, 0) is 0 Å². The molecule has 2 fully saturated rings. The molecule has 0 spiro atoms. The second kappa shape index (κ2) is 5.99. The summed E-state index contributed by atoms with van der Waals surface area (Å²) in [6.07, 6.45) is 5.52. The van der Waals surface area contributed by atoms with Gasteiger partial charge in [0.1, 0.15) is 0 Å². The van der Waals surface area contributed by atoms with Gasteiger partial charge in [-0.25, -0.2) is 0 Å². The zero-order valence-corrected chi connectivity index (χ0v) is 10.9. The molecule has 0 bridgehead atoms. The lowest BCUT2D eigenvalue weighted by molar-refractivity contribution is 0.137. The molecule has 16 heavy (non-hydrogen) atoms. The number of nitrogens with one attached hydrogen (secondary N) is 1. The van der Waals surface area contributed by atoms with Crippen molar-refractivity contribution in [3.63, 3.8) is 0 Å². The lowest BCUT2D eigenvalue weighted by atomic mass is 10.1. The van der Waals surface area contributed by atoms with Crippen LogP contribution in [0.25, 0.3) is 0 Å². The van der Waals surface area contributed by atoms with Gasteiger partial charge in [0.2, 0.25) is 0 Å². The molecule has 2 saturated heterocycles. The fourth-order valence-corrected chi connectivity index (χ4v) is 3.13. The molecule has 0 amide bonds. The zero-order chi connectivity index (χ0) is 11.4. The van der Waals surface area contributed by atoms with Gasteiger partial charge in [-0.05, 0) is 59.3 Å². The molecule has 94 valence electrons. The van der Waals surface area contributed by atoms with Crippen molar-refractivity contribution in [2.75, 3.05) is 39.8 Å². The van der Waals surface area contributed by atoms with Crippen molar-refractivity contribution < 1.29 is 0 Å². The van der Waals surface area contributed by atoms with E-state index < -0.39 is 0 Å². The molecule has 2 aliphatic rings. The molecule has 0 aromatic heterocycles. The van der Waals surface area contributed by atoms with Crippen molar-refractivity contribution in [3.8, 4) is 0 Å². The molecular formula is C13H27N3. The molecule has 3 heteroatoms. The molecule has 3 nitrogen and oxygen atoms in total. The van der Waals surface area contributed by atoms with Crippen LogP contribution in [0.2, 0.25) is 0 Å². The first kappa shape index (κ1) is 12.3. The van der Waals surface area contributed by atoms with Gasteiger partial charge in [-0.2, -0.15) is 0 Å². The number of hydrogen-bond acceptors (Lipinski definition) is 3. The van der Waals surface area contributed by atoms with E-state index in [1.807, 2.05) is 0 Å². The SMILES string of the molecule is CNC1CCCN(CC(C)N2CCCC2)C1. The summed E-state index contributed by atoms with van der Waals surface area (Å²) in [6, 6.07) is 1.47. The molecule has 0 aliphatic carbocycles. The molecule has 2 rings (SSSR count). The maximum Gasteiger partial charge on any atom is 0.0194 e. The molecule has 2 atom stereocenters. The van der Waals surface area contributed by atoms with Crippen LogP contribution in [0.4, 0.5) is 0 Å². The summed E-state index contributed by atoms with van der Waals surface area (Å²) in [5.41, 5.74) is 0. The second-order valence-corrected chi connectivity index (χ2v) is 5.48. The van der Waals surface area contributed by atoms with Crippen molar-refractivity contribution in [2.24, 2.45) is 0 Å². The molecular weight excluding hydrogens is 198 g/mol. The van der Waals surface area contributed by atoms with Gasteiger partial charge in [0, 0.05) is 25.2 Å². The summed E-state index contributed by atoms with van der Waals surface area (Å²) in [6.45, 7) is 8.85. The Morgan fingerprint density at radius 1 is 1.19 bits per heavy atom.